The number of ether oxygens (including phenoxy) is 1. The summed E-state index contributed by atoms with van der Waals surface area (Å²) in [5, 5.41) is 0. The molecule has 0 bridgehead atoms. The molecule has 1 fully saturated rings. The van der Waals surface area contributed by atoms with Crippen molar-refractivity contribution in [3.05, 3.63) is 21.4 Å². The molecule has 1 saturated heterocycles. The molecule has 0 aliphatic carbocycles. The van der Waals surface area contributed by atoms with Gasteiger partial charge in [0.2, 0.25) is 0 Å². The number of carbonyl (C=O) groups excluding carboxylic acids is 1. The highest BCUT2D eigenvalue weighted by atomic mass is 32.1. The fraction of sp³-hybridized carbons (Fsp3) is 0.533. The lowest BCUT2D eigenvalue weighted by molar-refractivity contribution is -0.0585. The Morgan fingerprint density at radius 2 is 2.15 bits per heavy atom. The van der Waals surface area contributed by atoms with Gasteiger partial charge in [-0.1, -0.05) is 11.8 Å². The molecule has 1 aliphatic heterocycles. The molecule has 20 heavy (non-hydrogen) atoms. The number of aryl methyl sites for hydroxylation is 1. The molecule has 1 aromatic rings. The molecule has 4 nitrogen and oxygen atoms in total. The highest BCUT2D eigenvalue weighted by Crippen LogP contribution is 2.24. The monoisotopic (exact) mass is 292 g/mol. The van der Waals surface area contributed by atoms with E-state index in [1.807, 2.05) is 31.7 Å². The third kappa shape index (κ3) is 3.40. The van der Waals surface area contributed by atoms with Crippen molar-refractivity contribution in [2.24, 2.45) is 5.73 Å². The highest BCUT2D eigenvalue weighted by molar-refractivity contribution is 7.14. The van der Waals surface area contributed by atoms with Crippen molar-refractivity contribution in [3.63, 3.8) is 0 Å². The van der Waals surface area contributed by atoms with E-state index in [1.54, 1.807) is 0 Å². The SMILES string of the molecule is Cc1cc(C(=O)N2CC(C)OC(C)C2)sc1C#CCN. The van der Waals surface area contributed by atoms with Gasteiger partial charge in [-0.2, -0.15) is 0 Å². The van der Waals surface area contributed by atoms with Crippen molar-refractivity contribution in [1.29, 1.82) is 0 Å². The van der Waals surface area contributed by atoms with Crippen LogP contribution < -0.4 is 5.73 Å². The summed E-state index contributed by atoms with van der Waals surface area (Å²) >= 11 is 1.44. The van der Waals surface area contributed by atoms with Gasteiger partial charge in [-0.3, -0.25) is 4.79 Å². The van der Waals surface area contributed by atoms with Gasteiger partial charge in [0, 0.05) is 13.1 Å². The maximum absolute atomic E-state index is 12.5. The Kier molecular flexibility index (Phi) is 4.81. The van der Waals surface area contributed by atoms with E-state index in [-0.39, 0.29) is 18.1 Å². The van der Waals surface area contributed by atoms with Crippen molar-refractivity contribution in [3.8, 4) is 11.8 Å². The first-order valence-electron chi connectivity index (χ1n) is 6.75. The van der Waals surface area contributed by atoms with Crippen molar-refractivity contribution < 1.29 is 9.53 Å². The van der Waals surface area contributed by atoms with Gasteiger partial charge in [-0.25, -0.2) is 0 Å². The summed E-state index contributed by atoms with van der Waals surface area (Å²) in [6, 6.07) is 1.92. The Bertz CT molecular complexity index is 546. The number of nitrogens with two attached hydrogens (primary N) is 1. The number of morpholine rings is 1. The van der Waals surface area contributed by atoms with Gasteiger partial charge >= 0.3 is 0 Å². The fourth-order valence-corrected chi connectivity index (χ4v) is 3.36. The zero-order valence-electron chi connectivity index (χ0n) is 12.1. The largest absolute Gasteiger partial charge is 0.372 e. The molecule has 1 amide bonds. The Labute approximate surface area is 123 Å². The quantitative estimate of drug-likeness (QED) is 0.800. The second kappa shape index (κ2) is 6.40. The Morgan fingerprint density at radius 3 is 2.75 bits per heavy atom. The summed E-state index contributed by atoms with van der Waals surface area (Å²) in [6.07, 6.45) is 0.167. The number of hydrogen-bond acceptors (Lipinski definition) is 4. The lowest BCUT2D eigenvalue weighted by Crippen LogP contribution is -2.48. The molecule has 2 unspecified atom stereocenters. The lowest BCUT2D eigenvalue weighted by atomic mass is 10.2. The van der Waals surface area contributed by atoms with Crippen LogP contribution in [0.2, 0.25) is 0 Å². The lowest BCUT2D eigenvalue weighted by Gasteiger charge is -2.35. The van der Waals surface area contributed by atoms with Crippen LogP contribution in [0.5, 0.6) is 0 Å². The third-order valence-electron chi connectivity index (χ3n) is 3.14. The van der Waals surface area contributed by atoms with Crippen molar-refractivity contribution >= 4 is 17.2 Å². The molecule has 0 radical (unpaired) electrons. The van der Waals surface area contributed by atoms with Crippen LogP contribution in [0, 0.1) is 18.8 Å². The first-order valence-corrected chi connectivity index (χ1v) is 7.57. The van der Waals surface area contributed by atoms with Gasteiger partial charge in [-0.15, -0.1) is 11.3 Å². The standard InChI is InChI=1S/C15H20N2O2S/c1-10-7-14(20-13(10)5-4-6-16)15(18)17-8-11(2)19-12(3)9-17/h7,11-12H,6,8-9,16H2,1-3H3. The summed E-state index contributed by atoms with van der Waals surface area (Å²) in [7, 11) is 0. The van der Waals surface area contributed by atoms with Gasteiger partial charge in [0.25, 0.3) is 5.91 Å². The molecule has 5 heteroatoms. The summed E-state index contributed by atoms with van der Waals surface area (Å²) < 4.78 is 5.66. The molecule has 2 rings (SSSR count). The van der Waals surface area contributed by atoms with Crippen LogP contribution in [0.15, 0.2) is 6.07 Å². The molecule has 2 atom stereocenters. The van der Waals surface area contributed by atoms with Crippen LogP contribution in [0.1, 0.15) is 34.0 Å². The van der Waals surface area contributed by atoms with E-state index >= 15 is 0 Å². The average Bonchev–Trinajstić information content (AvgIpc) is 2.75. The fourth-order valence-electron chi connectivity index (χ4n) is 2.34. The van der Waals surface area contributed by atoms with Crippen LogP contribution >= 0.6 is 11.3 Å². The van der Waals surface area contributed by atoms with Crippen LogP contribution in [0.4, 0.5) is 0 Å². The number of rotatable bonds is 1. The van der Waals surface area contributed by atoms with Crippen molar-refractivity contribution in [2.45, 2.75) is 33.0 Å². The summed E-state index contributed by atoms with van der Waals surface area (Å²) in [5.74, 6) is 5.92. The molecule has 1 aliphatic rings. The van der Waals surface area contributed by atoms with Crippen LogP contribution in [-0.2, 0) is 4.74 Å². The van der Waals surface area contributed by atoms with Gasteiger partial charge in [-0.05, 0) is 32.4 Å². The normalized spacial score (nSPS) is 22.3. The number of thiophene rings is 1. The minimum Gasteiger partial charge on any atom is -0.372 e. The first-order chi connectivity index (χ1) is 9.51. The van der Waals surface area contributed by atoms with Crippen LogP contribution in [-0.4, -0.2) is 42.6 Å². The molecule has 0 saturated carbocycles. The van der Waals surface area contributed by atoms with Gasteiger partial charge < -0.3 is 15.4 Å². The van der Waals surface area contributed by atoms with E-state index in [9.17, 15) is 4.79 Å². The highest BCUT2D eigenvalue weighted by Gasteiger charge is 2.27. The maximum atomic E-state index is 12.5. The average molecular weight is 292 g/mol. The number of nitrogens with zero attached hydrogens (tertiary/aromatic N) is 1. The zero-order chi connectivity index (χ0) is 14.7. The molecule has 2 N–H and O–H groups in total. The molecule has 108 valence electrons. The Balaban J connectivity index is 2.17. The molecular formula is C15H20N2O2S. The molecule has 2 heterocycles. The number of hydrogen-bond donors (Lipinski definition) is 1. The third-order valence-corrected chi connectivity index (χ3v) is 4.28. The Hall–Kier alpha value is -1.35. The van der Waals surface area contributed by atoms with Gasteiger partial charge in [0.1, 0.15) is 0 Å². The zero-order valence-corrected chi connectivity index (χ0v) is 12.9. The van der Waals surface area contributed by atoms with Gasteiger partial charge in [0.15, 0.2) is 0 Å². The molecular weight excluding hydrogens is 272 g/mol. The second-order valence-corrected chi connectivity index (χ2v) is 6.15. The molecule has 0 spiro atoms. The van der Waals surface area contributed by atoms with E-state index in [0.29, 0.717) is 19.6 Å². The topological polar surface area (TPSA) is 55.6 Å². The van der Waals surface area contributed by atoms with Crippen LogP contribution in [0.3, 0.4) is 0 Å². The van der Waals surface area contributed by atoms with Crippen molar-refractivity contribution in [2.75, 3.05) is 19.6 Å². The predicted octanol–water partition coefficient (Wildman–Crippen LogP) is 1.62. The van der Waals surface area contributed by atoms with Crippen LogP contribution in [0.25, 0.3) is 0 Å². The van der Waals surface area contributed by atoms with E-state index in [2.05, 4.69) is 11.8 Å². The van der Waals surface area contributed by atoms with Crippen molar-refractivity contribution in [1.82, 2.24) is 4.90 Å². The summed E-state index contributed by atoms with van der Waals surface area (Å²) in [5.41, 5.74) is 6.42. The minimum absolute atomic E-state index is 0.0703. The smallest absolute Gasteiger partial charge is 0.264 e. The number of carbonyl (C=O) groups is 1. The van der Waals surface area contributed by atoms with E-state index in [1.165, 1.54) is 11.3 Å². The first kappa shape index (κ1) is 15.0. The second-order valence-electron chi connectivity index (χ2n) is 5.10. The maximum Gasteiger partial charge on any atom is 0.264 e. The molecule has 0 aromatic carbocycles. The summed E-state index contributed by atoms with van der Waals surface area (Å²) in [6.45, 7) is 7.58. The minimum atomic E-state index is 0.0703. The van der Waals surface area contributed by atoms with E-state index in [0.717, 1.165) is 15.3 Å². The van der Waals surface area contributed by atoms with Gasteiger partial charge in [0.05, 0.1) is 28.5 Å². The van der Waals surface area contributed by atoms with E-state index < -0.39 is 0 Å². The molecule has 1 aromatic heterocycles. The number of amides is 1. The van der Waals surface area contributed by atoms with E-state index in [4.69, 9.17) is 10.5 Å². The Morgan fingerprint density at radius 1 is 1.50 bits per heavy atom. The predicted molar refractivity (Wildman–Crippen MR) is 80.9 cm³/mol. The summed E-state index contributed by atoms with van der Waals surface area (Å²) in [4.78, 5) is 16.1.